The van der Waals surface area contributed by atoms with E-state index in [0.29, 0.717) is 36.4 Å². The second kappa shape index (κ2) is 6.97. The summed E-state index contributed by atoms with van der Waals surface area (Å²) in [5, 5.41) is 8.79. The number of carbonyl (C=O) groups excluding carboxylic acids is 2. The largest absolute Gasteiger partial charge is 0.489 e. The van der Waals surface area contributed by atoms with Crippen LogP contribution in [0.3, 0.4) is 0 Å². The van der Waals surface area contributed by atoms with Crippen molar-refractivity contribution in [3.05, 3.63) is 64.7 Å². The summed E-state index contributed by atoms with van der Waals surface area (Å²) in [5.41, 5.74) is 3.17. The average Bonchev–Trinajstić information content (AvgIpc) is 2.63. The highest BCUT2D eigenvalue weighted by atomic mass is 16.5. The molecular formula is C19H16N2O3. The number of benzene rings is 2. The van der Waals surface area contributed by atoms with Gasteiger partial charge in [-0.05, 0) is 47.9 Å². The lowest BCUT2D eigenvalue weighted by Crippen LogP contribution is -2.38. The van der Waals surface area contributed by atoms with E-state index in [1.807, 2.05) is 18.2 Å². The van der Waals surface area contributed by atoms with E-state index >= 15 is 0 Å². The van der Waals surface area contributed by atoms with Crippen LogP contribution in [0.4, 0.5) is 0 Å². The molecule has 2 aromatic rings. The molecule has 0 atom stereocenters. The Balaban J connectivity index is 1.69. The Kier molecular flexibility index (Phi) is 4.57. The van der Waals surface area contributed by atoms with Crippen molar-refractivity contribution >= 4 is 12.2 Å². The van der Waals surface area contributed by atoms with Crippen LogP contribution >= 0.6 is 0 Å². The van der Waals surface area contributed by atoms with Gasteiger partial charge in [-0.25, -0.2) is 0 Å². The number of rotatable bonds is 5. The van der Waals surface area contributed by atoms with Crippen LogP contribution in [-0.2, 0) is 17.8 Å². The minimum absolute atomic E-state index is 0.109. The molecule has 5 heteroatoms. The standard InChI is InChI=1S/C19H16N2O3/c20-12-14-1-3-15(4-2-14)13-24-17-5-6-18-16(11-17)7-8-21(9-10-22)19(18)23/h1-6,10-11H,7-9,13H2. The van der Waals surface area contributed by atoms with Crippen LogP contribution in [0.1, 0.15) is 27.0 Å². The molecule has 1 amide bonds. The van der Waals surface area contributed by atoms with Crippen molar-refractivity contribution in [3.63, 3.8) is 0 Å². The van der Waals surface area contributed by atoms with Crippen molar-refractivity contribution in [2.75, 3.05) is 13.1 Å². The number of fused-ring (bicyclic) bond motifs is 1. The number of aldehydes is 1. The van der Waals surface area contributed by atoms with Crippen molar-refractivity contribution in [3.8, 4) is 11.8 Å². The Labute approximate surface area is 140 Å². The van der Waals surface area contributed by atoms with Gasteiger partial charge in [-0.3, -0.25) is 4.79 Å². The first-order valence-corrected chi connectivity index (χ1v) is 7.69. The van der Waals surface area contributed by atoms with Crippen molar-refractivity contribution in [2.24, 2.45) is 0 Å². The predicted molar refractivity (Wildman–Crippen MR) is 87.6 cm³/mol. The van der Waals surface area contributed by atoms with Gasteiger partial charge in [0.2, 0.25) is 0 Å². The molecule has 0 saturated carbocycles. The van der Waals surface area contributed by atoms with Gasteiger partial charge in [-0.15, -0.1) is 0 Å². The lowest BCUT2D eigenvalue weighted by Gasteiger charge is -2.27. The molecule has 0 radical (unpaired) electrons. The minimum atomic E-state index is -0.109. The zero-order valence-corrected chi connectivity index (χ0v) is 13.1. The molecule has 1 aliphatic rings. The van der Waals surface area contributed by atoms with E-state index < -0.39 is 0 Å². The lowest BCUT2D eigenvalue weighted by atomic mass is 9.99. The maximum absolute atomic E-state index is 12.3. The maximum Gasteiger partial charge on any atom is 0.254 e. The van der Waals surface area contributed by atoms with Crippen LogP contribution in [0.25, 0.3) is 0 Å². The number of hydrogen-bond acceptors (Lipinski definition) is 4. The second-order valence-electron chi connectivity index (χ2n) is 5.58. The Hall–Kier alpha value is -3.13. The molecule has 1 heterocycles. The first-order chi connectivity index (χ1) is 11.7. The van der Waals surface area contributed by atoms with E-state index in [9.17, 15) is 9.59 Å². The van der Waals surface area contributed by atoms with Gasteiger partial charge in [-0.2, -0.15) is 5.26 Å². The fraction of sp³-hybridized carbons (Fsp3) is 0.211. The summed E-state index contributed by atoms with van der Waals surface area (Å²) in [7, 11) is 0. The zero-order chi connectivity index (χ0) is 16.9. The molecule has 0 bridgehead atoms. The molecule has 0 N–H and O–H groups in total. The number of ether oxygens (including phenoxy) is 1. The molecule has 0 aliphatic carbocycles. The molecule has 0 spiro atoms. The molecule has 0 fully saturated rings. The van der Waals surface area contributed by atoms with Gasteiger partial charge in [-0.1, -0.05) is 12.1 Å². The third-order valence-electron chi connectivity index (χ3n) is 4.03. The normalized spacial score (nSPS) is 13.1. The molecule has 120 valence electrons. The van der Waals surface area contributed by atoms with Crippen molar-refractivity contribution in [2.45, 2.75) is 13.0 Å². The molecule has 1 aliphatic heterocycles. The first kappa shape index (κ1) is 15.8. The van der Waals surface area contributed by atoms with Crippen LogP contribution < -0.4 is 4.74 Å². The highest BCUT2D eigenvalue weighted by Crippen LogP contribution is 2.24. The van der Waals surface area contributed by atoms with E-state index in [1.54, 1.807) is 29.2 Å². The van der Waals surface area contributed by atoms with Crippen LogP contribution in [0.2, 0.25) is 0 Å². The zero-order valence-electron chi connectivity index (χ0n) is 13.1. The van der Waals surface area contributed by atoms with E-state index in [0.717, 1.165) is 17.4 Å². The minimum Gasteiger partial charge on any atom is -0.489 e. The number of hydrogen-bond donors (Lipinski definition) is 0. The summed E-state index contributed by atoms with van der Waals surface area (Å²) in [5.74, 6) is 0.594. The molecule has 0 aromatic heterocycles. The van der Waals surface area contributed by atoms with E-state index in [1.165, 1.54) is 0 Å². The van der Waals surface area contributed by atoms with Gasteiger partial charge in [0.15, 0.2) is 0 Å². The lowest BCUT2D eigenvalue weighted by molar-refractivity contribution is -0.108. The summed E-state index contributed by atoms with van der Waals surface area (Å²) in [6.45, 7) is 1.08. The first-order valence-electron chi connectivity index (χ1n) is 7.69. The average molecular weight is 320 g/mol. The third kappa shape index (κ3) is 3.28. The monoisotopic (exact) mass is 320 g/mol. The summed E-state index contributed by atoms with van der Waals surface area (Å²) >= 11 is 0. The van der Waals surface area contributed by atoms with Crippen molar-refractivity contribution in [1.82, 2.24) is 4.90 Å². The smallest absolute Gasteiger partial charge is 0.254 e. The van der Waals surface area contributed by atoms with E-state index in [-0.39, 0.29) is 12.5 Å². The van der Waals surface area contributed by atoms with Gasteiger partial charge in [0.1, 0.15) is 18.6 Å². The third-order valence-corrected chi connectivity index (χ3v) is 4.03. The van der Waals surface area contributed by atoms with E-state index in [4.69, 9.17) is 10.00 Å². The Morgan fingerprint density at radius 3 is 2.71 bits per heavy atom. The summed E-state index contributed by atoms with van der Waals surface area (Å²) in [6, 6.07) is 14.7. The highest BCUT2D eigenvalue weighted by Gasteiger charge is 2.24. The summed E-state index contributed by atoms with van der Waals surface area (Å²) < 4.78 is 5.78. The molecule has 0 unspecified atom stereocenters. The molecule has 3 rings (SSSR count). The van der Waals surface area contributed by atoms with Gasteiger partial charge in [0.25, 0.3) is 5.91 Å². The van der Waals surface area contributed by atoms with Crippen LogP contribution in [0.15, 0.2) is 42.5 Å². The molecule has 2 aromatic carbocycles. The number of carbonyl (C=O) groups is 2. The second-order valence-corrected chi connectivity index (χ2v) is 5.58. The molecule has 24 heavy (non-hydrogen) atoms. The Bertz CT molecular complexity index is 806. The number of nitrogens with zero attached hydrogens (tertiary/aromatic N) is 2. The number of nitriles is 1. The highest BCUT2D eigenvalue weighted by molar-refractivity contribution is 5.97. The quantitative estimate of drug-likeness (QED) is 0.793. The Morgan fingerprint density at radius 2 is 2.00 bits per heavy atom. The maximum atomic E-state index is 12.3. The summed E-state index contributed by atoms with van der Waals surface area (Å²) in [6.07, 6.45) is 1.46. The van der Waals surface area contributed by atoms with Crippen LogP contribution in [-0.4, -0.2) is 30.2 Å². The van der Waals surface area contributed by atoms with E-state index in [2.05, 4.69) is 6.07 Å². The fourth-order valence-electron chi connectivity index (χ4n) is 2.71. The topological polar surface area (TPSA) is 70.4 Å². The van der Waals surface area contributed by atoms with Crippen LogP contribution in [0, 0.1) is 11.3 Å². The van der Waals surface area contributed by atoms with Gasteiger partial charge >= 0.3 is 0 Å². The molecular weight excluding hydrogens is 304 g/mol. The molecule has 0 saturated heterocycles. The van der Waals surface area contributed by atoms with Gasteiger partial charge in [0, 0.05) is 12.1 Å². The predicted octanol–water partition coefficient (Wildman–Crippen LogP) is 2.33. The van der Waals surface area contributed by atoms with Crippen molar-refractivity contribution < 1.29 is 14.3 Å². The SMILES string of the molecule is N#Cc1ccc(COc2ccc3c(c2)CCN(CC=O)C3=O)cc1. The summed E-state index contributed by atoms with van der Waals surface area (Å²) in [4.78, 5) is 24.4. The fourth-order valence-corrected chi connectivity index (χ4v) is 2.71. The molecule has 5 nitrogen and oxygen atoms in total. The Morgan fingerprint density at radius 1 is 1.21 bits per heavy atom. The number of amides is 1. The van der Waals surface area contributed by atoms with Crippen LogP contribution in [0.5, 0.6) is 5.75 Å². The van der Waals surface area contributed by atoms with Gasteiger partial charge in [0.05, 0.1) is 18.2 Å². The van der Waals surface area contributed by atoms with Crippen molar-refractivity contribution in [1.29, 1.82) is 5.26 Å². The van der Waals surface area contributed by atoms with Gasteiger partial charge < -0.3 is 14.4 Å².